The third kappa shape index (κ3) is 2.59. The fraction of sp³-hybridized carbons (Fsp3) is 0.312. The van der Waals surface area contributed by atoms with Crippen LogP contribution in [-0.4, -0.2) is 19.6 Å². The maximum Gasteiger partial charge on any atom is 0.160 e. The first kappa shape index (κ1) is 13.5. The van der Waals surface area contributed by atoms with Crippen molar-refractivity contribution in [1.82, 2.24) is 19.6 Å². The Kier molecular flexibility index (Phi) is 3.56. The van der Waals surface area contributed by atoms with Crippen LogP contribution in [-0.2, 0) is 13.0 Å². The molecule has 0 spiro atoms. The number of fused-ring (bicyclic) bond motifs is 1. The fourth-order valence-electron chi connectivity index (χ4n) is 2.28. The molecule has 0 aliphatic rings. The topological polar surface area (TPSA) is 55.1 Å². The Bertz CT molecular complexity index is 761. The van der Waals surface area contributed by atoms with Gasteiger partial charge in [0.25, 0.3) is 0 Å². The molecule has 3 rings (SSSR count). The number of nitrogens with one attached hydrogen (secondary N) is 1. The molecule has 0 aromatic carbocycles. The van der Waals surface area contributed by atoms with Crippen LogP contribution in [0.15, 0.2) is 30.6 Å². The molecule has 3 aromatic heterocycles. The Morgan fingerprint density at radius 3 is 2.67 bits per heavy atom. The maximum absolute atomic E-state index is 4.68. The van der Waals surface area contributed by atoms with Crippen molar-refractivity contribution in [3.05, 3.63) is 53.1 Å². The molecular formula is C16H19N5. The number of hydrogen-bond acceptors (Lipinski definition) is 4. The largest absolute Gasteiger partial charge is 0.366 e. The van der Waals surface area contributed by atoms with Crippen LogP contribution in [0.2, 0.25) is 0 Å². The van der Waals surface area contributed by atoms with Gasteiger partial charge in [-0.2, -0.15) is 9.61 Å². The molecule has 0 saturated carbocycles. The van der Waals surface area contributed by atoms with Crippen LogP contribution in [0.5, 0.6) is 0 Å². The molecule has 108 valence electrons. The molecule has 5 heteroatoms. The zero-order valence-corrected chi connectivity index (χ0v) is 12.6. The Labute approximate surface area is 124 Å². The highest BCUT2D eigenvalue weighted by atomic mass is 15.3. The standard InChI is InChI=1S/C16H19N5/c1-4-14-9-15(18-10-13-5-7-17-8-6-13)21-16(19-14)11(2)12(3)20-21/h5-9,18H,4,10H2,1-3H3. The predicted molar refractivity (Wildman–Crippen MR) is 83.4 cm³/mol. The van der Waals surface area contributed by atoms with Gasteiger partial charge in [0.2, 0.25) is 0 Å². The minimum atomic E-state index is 0.739. The summed E-state index contributed by atoms with van der Waals surface area (Å²) in [6.07, 6.45) is 4.52. The van der Waals surface area contributed by atoms with Gasteiger partial charge in [0, 0.05) is 36.3 Å². The Morgan fingerprint density at radius 2 is 1.95 bits per heavy atom. The van der Waals surface area contributed by atoms with E-state index in [-0.39, 0.29) is 0 Å². The van der Waals surface area contributed by atoms with Gasteiger partial charge in [0.05, 0.1) is 5.69 Å². The van der Waals surface area contributed by atoms with Crippen molar-refractivity contribution in [3.8, 4) is 0 Å². The van der Waals surface area contributed by atoms with Crippen molar-refractivity contribution in [1.29, 1.82) is 0 Å². The van der Waals surface area contributed by atoms with Crippen LogP contribution in [0.25, 0.3) is 5.65 Å². The van der Waals surface area contributed by atoms with Crippen molar-refractivity contribution in [2.45, 2.75) is 33.7 Å². The summed E-state index contributed by atoms with van der Waals surface area (Å²) >= 11 is 0. The molecule has 3 heterocycles. The van der Waals surface area contributed by atoms with E-state index in [0.29, 0.717) is 0 Å². The van der Waals surface area contributed by atoms with Gasteiger partial charge in [-0.05, 0) is 38.0 Å². The van der Waals surface area contributed by atoms with Crippen LogP contribution in [0.4, 0.5) is 5.82 Å². The van der Waals surface area contributed by atoms with E-state index in [1.807, 2.05) is 23.6 Å². The summed E-state index contributed by atoms with van der Waals surface area (Å²) in [5.41, 5.74) is 5.35. The van der Waals surface area contributed by atoms with E-state index in [1.54, 1.807) is 12.4 Å². The first-order valence-electron chi connectivity index (χ1n) is 7.17. The van der Waals surface area contributed by atoms with Gasteiger partial charge in [-0.1, -0.05) is 6.92 Å². The average Bonchev–Trinajstić information content (AvgIpc) is 2.81. The van der Waals surface area contributed by atoms with E-state index in [1.165, 1.54) is 5.56 Å². The van der Waals surface area contributed by atoms with Crippen LogP contribution >= 0.6 is 0 Å². The monoisotopic (exact) mass is 281 g/mol. The number of rotatable bonds is 4. The zero-order valence-electron chi connectivity index (χ0n) is 12.6. The lowest BCUT2D eigenvalue weighted by Crippen LogP contribution is -2.07. The lowest BCUT2D eigenvalue weighted by molar-refractivity contribution is 0.888. The van der Waals surface area contributed by atoms with E-state index >= 15 is 0 Å². The van der Waals surface area contributed by atoms with E-state index in [0.717, 1.165) is 41.4 Å². The molecule has 0 bridgehead atoms. The summed E-state index contributed by atoms with van der Waals surface area (Å²) in [6, 6.07) is 6.08. The van der Waals surface area contributed by atoms with Gasteiger partial charge in [-0.25, -0.2) is 4.98 Å². The number of anilines is 1. The SMILES string of the molecule is CCc1cc(NCc2ccncc2)n2nc(C)c(C)c2n1. The molecule has 1 N–H and O–H groups in total. The second-order valence-corrected chi connectivity index (χ2v) is 5.14. The minimum Gasteiger partial charge on any atom is -0.366 e. The van der Waals surface area contributed by atoms with Crippen molar-refractivity contribution in [2.75, 3.05) is 5.32 Å². The average molecular weight is 281 g/mol. The first-order chi connectivity index (χ1) is 10.2. The fourth-order valence-corrected chi connectivity index (χ4v) is 2.28. The molecule has 0 unspecified atom stereocenters. The summed E-state index contributed by atoms with van der Waals surface area (Å²) in [5.74, 6) is 0.977. The van der Waals surface area contributed by atoms with Gasteiger partial charge >= 0.3 is 0 Å². The number of hydrogen-bond donors (Lipinski definition) is 1. The molecule has 0 atom stereocenters. The van der Waals surface area contributed by atoms with Crippen LogP contribution in [0.3, 0.4) is 0 Å². The van der Waals surface area contributed by atoms with Crippen LogP contribution in [0, 0.1) is 13.8 Å². The summed E-state index contributed by atoms with van der Waals surface area (Å²) in [6.45, 7) is 6.94. The lowest BCUT2D eigenvalue weighted by Gasteiger charge is -2.10. The quantitative estimate of drug-likeness (QED) is 0.799. The van der Waals surface area contributed by atoms with Gasteiger partial charge in [0.1, 0.15) is 5.82 Å². The molecule has 0 amide bonds. The Balaban J connectivity index is 1.98. The number of aryl methyl sites for hydroxylation is 3. The van der Waals surface area contributed by atoms with Crippen molar-refractivity contribution in [2.24, 2.45) is 0 Å². The third-order valence-electron chi connectivity index (χ3n) is 3.69. The van der Waals surface area contributed by atoms with E-state index in [2.05, 4.69) is 40.3 Å². The van der Waals surface area contributed by atoms with Gasteiger partial charge < -0.3 is 5.32 Å². The molecule has 0 aliphatic heterocycles. The van der Waals surface area contributed by atoms with Gasteiger partial charge in [0.15, 0.2) is 5.65 Å². The molecular weight excluding hydrogens is 262 g/mol. The lowest BCUT2D eigenvalue weighted by atomic mass is 10.2. The highest BCUT2D eigenvalue weighted by molar-refractivity contribution is 5.56. The summed E-state index contributed by atoms with van der Waals surface area (Å²) in [4.78, 5) is 8.72. The molecule has 0 radical (unpaired) electrons. The summed E-state index contributed by atoms with van der Waals surface area (Å²) < 4.78 is 1.89. The Hall–Kier alpha value is -2.43. The first-order valence-corrected chi connectivity index (χ1v) is 7.17. The van der Waals surface area contributed by atoms with Crippen molar-refractivity contribution < 1.29 is 0 Å². The molecule has 0 saturated heterocycles. The van der Waals surface area contributed by atoms with Crippen LogP contribution in [0.1, 0.15) is 29.4 Å². The van der Waals surface area contributed by atoms with Crippen molar-refractivity contribution >= 4 is 11.5 Å². The number of aromatic nitrogens is 4. The summed E-state index contributed by atoms with van der Waals surface area (Å²) in [5, 5.41) is 8.03. The third-order valence-corrected chi connectivity index (χ3v) is 3.69. The highest BCUT2D eigenvalue weighted by Gasteiger charge is 2.11. The number of pyridine rings is 1. The van der Waals surface area contributed by atoms with E-state index < -0.39 is 0 Å². The van der Waals surface area contributed by atoms with E-state index in [9.17, 15) is 0 Å². The number of nitrogens with zero attached hydrogens (tertiary/aromatic N) is 4. The minimum absolute atomic E-state index is 0.739. The maximum atomic E-state index is 4.68. The van der Waals surface area contributed by atoms with E-state index in [4.69, 9.17) is 0 Å². The molecule has 3 aromatic rings. The second-order valence-electron chi connectivity index (χ2n) is 5.14. The summed E-state index contributed by atoms with van der Waals surface area (Å²) in [7, 11) is 0. The Morgan fingerprint density at radius 1 is 1.19 bits per heavy atom. The predicted octanol–water partition coefficient (Wildman–Crippen LogP) is 2.92. The molecule has 0 aliphatic carbocycles. The molecule has 5 nitrogen and oxygen atoms in total. The smallest absolute Gasteiger partial charge is 0.160 e. The molecule has 0 fully saturated rings. The van der Waals surface area contributed by atoms with Gasteiger partial charge in [-0.15, -0.1) is 0 Å². The second kappa shape index (κ2) is 5.52. The van der Waals surface area contributed by atoms with Gasteiger partial charge in [-0.3, -0.25) is 4.98 Å². The highest BCUT2D eigenvalue weighted by Crippen LogP contribution is 2.19. The molecule has 21 heavy (non-hydrogen) atoms. The normalized spacial score (nSPS) is 11.0. The zero-order chi connectivity index (χ0) is 14.8. The van der Waals surface area contributed by atoms with Crippen molar-refractivity contribution in [3.63, 3.8) is 0 Å². The van der Waals surface area contributed by atoms with Crippen LogP contribution < -0.4 is 5.32 Å².